The van der Waals surface area contributed by atoms with Gasteiger partial charge in [0.25, 0.3) is 11.8 Å². The van der Waals surface area contributed by atoms with Gasteiger partial charge in [0.1, 0.15) is 12.6 Å². The molecule has 1 saturated heterocycles. The van der Waals surface area contributed by atoms with Crippen LogP contribution in [0.4, 0.5) is 0 Å². The van der Waals surface area contributed by atoms with Crippen molar-refractivity contribution in [3.8, 4) is 5.69 Å². The molecule has 3 aromatic rings. The summed E-state index contributed by atoms with van der Waals surface area (Å²) in [5, 5.41) is 4.36. The van der Waals surface area contributed by atoms with Crippen molar-refractivity contribution in [3.63, 3.8) is 0 Å². The van der Waals surface area contributed by atoms with Gasteiger partial charge in [-0.05, 0) is 38.8 Å². The van der Waals surface area contributed by atoms with E-state index in [-0.39, 0.29) is 17.6 Å². The van der Waals surface area contributed by atoms with Crippen LogP contribution in [0.25, 0.3) is 5.69 Å². The molecule has 2 fully saturated rings. The van der Waals surface area contributed by atoms with Gasteiger partial charge in [0.15, 0.2) is 11.6 Å². The standard InChI is InChI=1S/C22H24N6O3/c1-22(2)13-26(20(29)17-12-31-19(24-17)15-8-9-15)10-11-27(22)21(30)18-23-14-28(25-18)16-6-4-3-5-7-16/h3-7,12,14-15H,8-11,13H2,1-2H3. The van der Waals surface area contributed by atoms with Gasteiger partial charge in [0, 0.05) is 25.6 Å². The number of carbonyl (C=O) groups excluding carboxylic acids is 2. The molecule has 5 rings (SSSR count). The molecule has 0 bridgehead atoms. The first-order chi connectivity index (χ1) is 14.9. The fourth-order valence-electron chi connectivity index (χ4n) is 3.96. The van der Waals surface area contributed by atoms with Gasteiger partial charge in [-0.3, -0.25) is 9.59 Å². The largest absolute Gasteiger partial charge is 0.448 e. The van der Waals surface area contributed by atoms with Gasteiger partial charge in [0.05, 0.1) is 11.2 Å². The number of aromatic nitrogens is 4. The Bertz CT molecular complexity index is 1120. The van der Waals surface area contributed by atoms with Gasteiger partial charge in [-0.15, -0.1) is 5.10 Å². The first-order valence-electron chi connectivity index (χ1n) is 10.5. The molecule has 0 atom stereocenters. The van der Waals surface area contributed by atoms with Crippen molar-refractivity contribution in [2.24, 2.45) is 0 Å². The van der Waals surface area contributed by atoms with Crippen LogP contribution in [0.2, 0.25) is 0 Å². The fraction of sp³-hybridized carbons (Fsp3) is 0.409. The van der Waals surface area contributed by atoms with Crippen LogP contribution in [0.15, 0.2) is 47.3 Å². The summed E-state index contributed by atoms with van der Waals surface area (Å²) >= 11 is 0. The van der Waals surface area contributed by atoms with E-state index < -0.39 is 5.54 Å². The molecule has 160 valence electrons. The van der Waals surface area contributed by atoms with Gasteiger partial charge >= 0.3 is 0 Å². The molecule has 9 nitrogen and oxygen atoms in total. The summed E-state index contributed by atoms with van der Waals surface area (Å²) < 4.78 is 7.05. The third kappa shape index (κ3) is 3.71. The molecule has 1 aromatic carbocycles. The third-order valence-electron chi connectivity index (χ3n) is 5.81. The third-order valence-corrected chi connectivity index (χ3v) is 5.81. The van der Waals surface area contributed by atoms with Crippen molar-refractivity contribution >= 4 is 11.8 Å². The molecule has 3 heterocycles. The molecule has 1 saturated carbocycles. The lowest BCUT2D eigenvalue weighted by molar-refractivity contribution is 0.0158. The minimum Gasteiger partial charge on any atom is -0.448 e. The van der Waals surface area contributed by atoms with Gasteiger partial charge in [0.2, 0.25) is 5.82 Å². The Morgan fingerprint density at radius 3 is 2.58 bits per heavy atom. The number of carbonyl (C=O) groups is 2. The molecule has 1 aliphatic carbocycles. The van der Waals surface area contributed by atoms with E-state index in [0.717, 1.165) is 18.5 Å². The molecule has 2 aromatic heterocycles. The molecule has 2 aliphatic rings. The van der Waals surface area contributed by atoms with Crippen LogP contribution in [0.3, 0.4) is 0 Å². The van der Waals surface area contributed by atoms with Crippen LogP contribution in [-0.2, 0) is 0 Å². The summed E-state index contributed by atoms with van der Waals surface area (Å²) in [5.74, 6) is 0.737. The molecular formula is C22H24N6O3. The molecular weight excluding hydrogens is 396 g/mol. The van der Waals surface area contributed by atoms with Crippen LogP contribution < -0.4 is 0 Å². The predicted octanol–water partition coefficient (Wildman–Crippen LogP) is 2.51. The number of benzene rings is 1. The maximum atomic E-state index is 13.1. The first kappa shape index (κ1) is 19.5. The first-order valence-corrected chi connectivity index (χ1v) is 10.5. The maximum Gasteiger partial charge on any atom is 0.294 e. The Morgan fingerprint density at radius 2 is 1.87 bits per heavy atom. The highest BCUT2D eigenvalue weighted by Crippen LogP contribution is 2.39. The average molecular weight is 420 g/mol. The SMILES string of the molecule is CC1(C)CN(C(=O)c2coc(C3CC3)n2)CCN1C(=O)c1ncn(-c2ccccc2)n1. The van der Waals surface area contributed by atoms with Crippen LogP contribution in [-0.4, -0.2) is 66.5 Å². The van der Waals surface area contributed by atoms with E-state index >= 15 is 0 Å². The molecule has 0 spiro atoms. The number of amides is 2. The van der Waals surface area contributed by atoms with Gasteiger partial charge in [-0.1, -0.05) is 18.2 Å². The lowest BCUT2D eigenvalue weighted by Crippen LogP contribution is -2.62. The summed E-state index contributed by atoms with van der Waals surface area (Å²) in [4.78, 5) is 38.1. The molecule has 2 amide bonds. The van der Waals surface area contributed by atoms with Crippen molar-refractivity contribution < 1.29 is 14.0 Å². The van der Waals surface area contributed by atoms with E-state index in [1.165, 1.54) is 12.6 Å². The van der Waals surface area contributed by atoms with Gasteiger partial charge < -0.3 is 14.2 Å². The monoisotopic (exact) mass is 420 g/mol. The number of oxazole rings is 1. The predicted molar refractivity (Wildman–Crippen MR) is 111 cm³/mol. The molecule has 1 aliphatic heterocycles. The Hall–Kier alpha value is -3.49. The highest BCUT2D eigenvalue weighted by atomic mass is 16.3. The smallest absolute Gasteiger partial charge is 0.294 e. The van der Waals surface area contributed by atoms with E-state index in [1.54, 1.807) is 14.5 Å². The van der Waals surface area contributed by atoms with Gasteiger partial charge in [-0.2, -0.15) is 0 Å². The summed E-state index contributed by atoms with van der Waals surface area (Å²) in [5.41, 5.74) is 0.592. The Kier molecular flexibility index (Phi) is 4.60. The zero-order chi connectivity index (χ0) is 21.6. The molecule has 0 unspecified atom stereocenters. The van der Waals surface area contributed by atoms with Crippen molar-refractivity contribution in [2.75, 3.05) is 19.6 Å². The Morgan fingerprint density at radius 1 is 1.10 bits per heavy atom. The van der Waals surface area contributed by atoms with Crippen LogP contribution in [0, 0.1) is 0 Å². The molecule has 0 N–H and O–H groups in total. The molecule has 9 heteroatoms. The van der Waals surface area contributed by atoms with Crippen molar-refractivity contribution in [1.29, 1.82) is 0 Å². The van der Waals surface area contributed by atoms with Crippen molar-refractivity contribution in [1.82, 2.24) is 29.5 Å². The zero-order valence-corrected chi connectivity index (χ0v) is 17.6. The van der Waals surface area contributed by atoms with E-state index in [4.69, 9.17) is 4.42 Å². The van der Waals surface area contributed by atoms with Crippen LogP contribution in [0.1, 0.15) is 59.6 Å². The summed E-state index contributed by atoms with van der Waals surface area (Å²) in [6, 6.07) is 9.52. The van der Waals surface area contributed by atoms with Crippen molar-refractivity contribution in [2.45, 2.75) is 38.1 Å². The van der Waals surface area contributed by atoms with E-state index in [2.05, 4.69) is 15.1 Å². The number of piperazine rings is 1. The van der Waals surface area contributed by atoms with Crippen LogP contribution in [0.5, 0.6) is 0 Å². The van der Waals surface area contributed by atoms with Crippen molar-refractivity contribution in [3.05, 3.63) is 60.3 Å². The normalized spacial score (nSPS) is 18.3. The number of para-hydroxylation sites is 1. The van der Waals surface area contributed by atoms with Gasteiger partial charge in [-0.25, -0.2) is 14.6 Å². The second kappa shape index (κ2) is 7.33. The number of hydrogen-bond acceptors (Lipinski definition) is 6. The highest BCUT2D eigenvalue weighted by Gasteiger charge is 2.40. The lowest BCUT2D eigenvalue weighted by atomic mass is 9.98. The van der Waals surface area contributed by atoms with Crippen LogP contribution >= 0.6 is 0 Å². The Balaban J connectivity index is 1.29. The second-order valence-electron chi connectivity index (χ2n) is 8.69. The highest BCUT2D eigenvalue weighted by molar-refractivity contribution is 5.93. The van der Waals surface area contributed by atoms with E-state index in [0.29, 0.717) is 37.1 Å². The minimum atomic E-state index is -0.577. The average Bonchev–Trinajstić information content (AvgIpc) is 3.29. The lowest BCUT2D eigenvalue weighted by Gasteiger charge is -2.46. The van der Waals surface area contributed by atoms with E-state index in [1.807, 2.05) is 44.2 Å². The fourth-order valence-corrected chi connectivity index (χ4v) is 3.96. The molecule has 31 heavy (non-hydrogen) atoms. The number of hydrogen-bond donors (Lipinski definition) is 0. The number of rotatable bonds is 4. The molecule has 0 radical (unpaired) electrons. The summed E-state index contributed by atoms with van der Waals surface area (Å²) in [6.45, 7) is 5.08. The summed E-state index contributed by atoms with van der Waals surface area (Å²) in [7, 11) is 0. The quantitative estimate of drug-likeness (QED) is 0.643. The maximum absolute atomic E-state index is 13.1. The zero-order valence-electron chi connectivity index (χ0n) is 17.6. The summed E-state index contributed by atoms with van der Waals surface area (Å²) in [6.07, 6.45) is 5.12. The Labute approximate surface area is 179 Å². The minimum absolute atomic E-state index is 0.141. The topological polar surface area (TPSA) is 97.4 Å². The van der Waals surface area contributed by atoms with E-state index in [9.17, 15) is 9.59 Å². The second-order valence-corrected chi connectivity index (χ2v) is 8.69. The number of nitrogens with zero attached hydrogens (tertiary/aromatic N) is 6.